The summed E-state index contributed by atoms with van der Waals surface area (Å²) in [6.45, 7) is 8.43. The van der Waals surface area contributed by atoms with Crippen molar-refractivity contribution in [2.75, 3.05) is 13.2 Å². The zero-order chi connectivity index (χ0) is 23.8. The van der Waals surface area contributed by atoms with Gasteiger partial charge < -0.3 is 4.43 Å². The lowest BCUT2D eigenvalue weighted by Gasteiger charge is -2.43. The molecule has 0 fully saturated rings. The van der Waals surface area contributed by atoms with E-state index in [1.165, 1.54) is 29.6 Å². The number of hydrogen-bond acceptors (Lipinski definition) is 2. The third-order valence-corrected chi connectivity index (χ3v) is 11.2. The van der Waals surface area contributed by atoms with E-state index < -0.39 is 8.32 Å². The van der Waals surface area contributed by atoms with Crippen LogP contribution >= 0.6 is 0 Å². The van der Waals surface area contributed by atoms with Gasteiger partial charge in [0.25, 0.3) is 8.32 Å². The van der Waals surface area contributed by atoms with Gasteiger partial charge >= 0.3 is 0 Å². The van der Waals surface area contributed by atoms with Gasteiger partial charge in [0, 0.05) is 18.1 Å². The summed E-state index contributed by atoms with van der Waals surface area (Å²) in [6.07, 6.45) is 13.6. The lowest BCUT2D eigenvalue weighted by atomic mass is 10.1. The summed E-state index contributed by atoms with van der Waals surface area (Å²) in [5.74, 6) is 0. The molecule has 2 aromatic carbocycles. The Morgan fingerprint density at radius 3 is 1.82 bits per heavy atom. The Kier molecular flexibility index (Phi) is 12.0. The molecule has 0 saturated heterocycles. The van der Waals surface area contributed by atoms with Crippen molar-refractivity contribution in [1.29, 1.82) is 0 Å². The molecule has 0 aliphatic heterocycles. The molecule has 0 heterocycles. The topological polar surface area (TPSA) is 58.0 Å². The Balaban J connectivity index is 1.83. The van der Waals surface area contributed by atoms with E-state index in [9.17, 15) is 0 Å². The number of allylic oxidation sites excluding steroid dienone is 2. The van der Waals surface area contributed by atoms with E-state index in [0.717, 1.165) is 38.7 Å². The number of nitrogens with zero attached hydrogens (tertiary/aromatic N) is 3. The van der Waals surface area contributed by atoms with E-state index in [-0.39, 0.29) is 5.04 Å². The quantitative estimate of drug-likeness (QED) is 0.0671. The molecule has 0 atom stereocenters. The molecule has 4 nitrogen and oxygen atoms in total. The zero-order valence-electron chi connectivity index (χ0n) is 20.7. The molecule has 0 aromatic heterocycles. The van der Waals surface area contributed by atoms with Crippen LogP contribution in [0.4, 0.5) is 0 Å². The second-order valence-electron chi connectivity index (χ2n) is 9.64. The molecule has 0 radical (unpaired) electrons. The van der Waals surface area contributed by atoms with Crippen molar-refractivity contribution in [3.05, 3.63) is 83.3 Å². The molecule has 0 N–H and O–H groups in total. The van der Waals surface area contributed by atoms with Crippen molar-refractivity contribution in [3.63, 3.8) is 0 Å². The first-order valence-corrected chi connectivity index (χ1v) is 14.3. The standard InChI is InChI=1S/C28H41N3OSi/c1-28(2,3)33(26-20-14-12-15-21-26,27-22-16-13-17-23-27)32-25-19-11-9-7-5-4-6-8-10-18-24-30-31-29/h4,6,12-17,20-23H,5,7-11,18-19,24-25H2,1-3H3/b6-4-. The molecule has 0 unspecified atom stereocenters. The molecule has 0 spiro atoms. The van der Waals surface area contributed by atoms with Gasteiger partial charge in [0.05, 0.1) is 0 Å². The van der Waals surface area contributed by atoms with Gasteiger partial charge in [-0.1, -0.05) is 112 Å². The van der Waals surface area contributed by atoms with Crippen molar-refractivity contribution < 1.29 is 4.43 Å². The summed E-state index contributed by atoms with van der Waals surface area (Å²) in [4.78, 5) is 2.78. The monoisotopic (exact) mass is 463 g/mol. The Labute approximate surface area is 201 Å². The molecule has 0 bridgehead atoms. The normalized spacial score (nSPS) is 12.1. The number of unbranched alkanes of at least 4 members (excludes halogenated alkanes) is 6. The molecule has 2 rings (SSSR count). The smallest absolute Gasteiger partial charge is 0.261 e. The van der Waals surface area contributed by atoms with Gasteiger partial charge in [-0.3, -0.25) is 0 Å². The lowest BCUT2D eigenvalue weighted by molar-refractivity contribution is 0.286. The Morgan fingerprint density at radius 2 is 1.30 bits per heavy atom. The van der Waals surface area contributed by atoms with E-state index in [1.54, 1.807) is 0 Å². The second kappa shape index (κ2) is 14.7. The van der Waals surface area contributed by atoms with Gasteiger partial charge in [-0.15, -0.1) is 0 Å². The largest absolute Gasteiger partial charge is 0.407 e. The van der Waals surface area contributed by atoms with Crippen LogP contribution in [0.1, 0.15) is 72.1 Å². The number of benzene rings is 2. The molecule has 33 heavy (non-hydrogen) atoms. The molecule has 0 saturated carbocycles. The first-order valence-electron chi connectivity index (χ1n) is 12.4. The van der Waals surface area contributed by atoms with Crippen LogP contribution in [0.2, 0.25) is 5.04 Å². The van der Waals surface area contributed by atoms with Gasteiger partial charge in [0.2, 0.25) is 0 Å². The van der Waals surface area contributed by atoms with E-state index >= 15 is 0 Å². The molecular weight excluding hydrogens is 422 g/mol. The van der Waals surface area contributed by atoms with Gasteiger partial charge in [0.1, 0.15) is 0 Å². The van der Waals surface area contributed by atoms with Crippen LogP contribution in [0.15, 0.2) is 77.9 Å². The zero-order valence-corrected chi connectivity index (χ0v) is 21.7. The predicted molar refractivity (Wildman–Crippen MR) is 144 cm³/mol. The van der Waals surface area contributed by atoms with E-state index in [0.29, 0.717) is 6.54 Å². The SMILES string of the molecule is CC(C)(C)[Si](OCCCCCC/C=C\CCCCN=[N+]=[N-])(c1ccccc1)c1ccccc1. The fourth-order valence-corrected chi connectivity index (χ4v) is 9.04. The number of azide groups is 1. The summed E-state index contributed by atoms with van der Waals surface area (Å²) >= 11 is 0. The number of rotatable bonds is 15. The fourth-order valence-electron chi connectivity index (χ4n) is 4.43. The first kappa shape index (κ1) is 26.9. The van der Waals surface area contributed by atoms with Crippen LogP contribution in [0.25, 0.3) is 10.4 Å². The third-order valence-electron chi connectivity index (χ3n) is 6.11. The third kappa shape index (κ3) is 8.51. The average molecular weight is 464 g/mol. The van der Waals surface area contributed by atoms with E-state index in [2.05, 4.69) is 104 Å². The van der Waals surface area contributed by atoms with Gasteiger partial charge in [-0.25, -0.2) is 0 Å². The van der Waals surface area contributed by atoms with E-state index in [4.69, 9.17) is 9.96 Å². The maximum atomic E-state index is 8.26. The molecule has 0 aliphatic carbocycles. The summed E-state index contributed by atoms with van der Waals surface area (Å²) in [5.41, 5.74) is 8.26. The minimum absolute atomic E-state index is 0.0431. The molecule has 178 valence electrons. The molecule has 2 aromatic rings. The molecular formula is C28H41N3OSi. The van der Waals surface area contributed by atoms with Crippen molar-refractivity contribution in [1.82, 2.24) is 0 Å². The highest BCUT2D eigenvalue weighted by Crippen LogP contribution is 2.36. The van der Waals surface area contributed by atoms with Crippen molar-refractivity contribution >= 4 is 18.7 Å². The van der Waals surface area contributed by atoms with Crippen molar-refractivity contribution in [2.45, 2.75) is 77.2 Å². The second-order valence-corrected chi connectivity index (χ2v) is 13.9. The van der Waals surface area contributed by atoms with Crippen LogP contribution in [0, 0.1) is 0 Å². The maximum absolute atomic E-state index is 8.26. The summed E-state index contributed by atoms with van der Waals surface area (Å²) in [7, 11) is -2.39. The summed E-state index contributed by atoms with van der Waals surface area (Å²) in [6, 6.07) is 21.8. The van der Waals surface area contributed by atoms with Gasteiger partial charge in [0.15, 0.2) is 0 Å². The molecule has 0 aliphatic rings. The minimum atomic E-state index is -2.39. The van der Waals surface area contributed by atoms with Gasteiger partial charge in [-0.05, 0) is 59.5 Å². The van der Waals surface area contributed by atoms with E-state index in [1.807, 2.05) is 0 Å². The Hall–Kier alpha value is -2.33. The first-order chi connectivity index (χ1) is 16.0. The van der Waals surface area contributed by atoms with Crippen LogP contribution in [0.3, 0.4) is 0 Å². The van der Waals surface area contributed by atoms with Crippen molar-refractivity contribution in [2.24, 2.45) is 5.11 Å². The summed E-state index contributed by atoms with van der Waals surface area (Å²) in [5, 5.41) is 6.32. The highest BCUT2D eigenvalue weighted by molar-refractivity contribution is 6.99. The minimum Gasteiger partial charge on any atom is -0.407 e. The van der Waals surface area contributed by atoms with Crippen LogP contribution in [0.5, 0.6) is 0 Å². The number of hydrogen-bond donors (Lipinski definition) is 0. The van der Waals surface area contributed by atoms with Crippen LogP contribution < -0.4 is 10.4 Å². The highest BCUT2D eigenvalue weighted by atomic mass is 28.4. The molecule has 0 amide bonds. The highest BCUT2D eigenvalue weighted by Gasteiger charge is 2.49. The Bertz CT molecular complexity index is 816. The Morgan fingerprint density at radius 1 is 0.788 bits per heavy atom. The van der Waals surface area contributed by atoms with Crippen molar-refractivity contribution in [3.8, 4) is 0 Å². The molecule has 5 heteroatoms. The van der Waals surface area contributed by atoms with Gasteiger partial charge in [-0.2, -0.15) is 0 Å². The average Bonchev–Trinajstić information content (AvgIpc) is 2.82. The summed E-state index contributed by atoms with van der Waals surface area (Å²) < 4.78 is 6.96. The van der Waals surface area contributed by atoms with Crippen LogP contribution in [-0.2, 0) is 4.43 Å². The maximum Gasteiger partial charge on any atom is 0.261 e. The fraction of sp³-hybridized carbons (Fsp3) is 0.500. The lowest BCUT2D eigenvalue weighted by Crippen LogP contribution is -2.66. The van der Waals surface area contributed by atoms with Crippen LogP contribution in [-0.4, -0.2) is 21.5 Å². The predicted octanol–water partition coefficient (Wildman–Crippen LogP) is 7.55.